The summed E-state index contributed by atoms with van der Waals surface area (Å²) in [4.78, 5) is 14.5. The highest BCUT2D eigenvalue weighted by atomic mass is 16.5. The zero-order valence-electron chi connectivity index (χ0n) is 15.6. The Morgan fingerprint density at radius 2 is 1.72 bits per heavy atom. The lowest BCUT2D eigenvalue weighted by atomic mass is 9.86. The first kappa shape index (κ1) is 17.7. The quantitative estimate of drug-likeness (QED) is 0.840. The zero-order valence-corrected chi connectivity index (χ0v) is 15.6. The van der Waals surface area contributed by atoms with Crippen molar-refractivity contribution in [2.24, 2.45) is 0 Å². The van der Waals surface area contributed by atoms with Crippen molar-refractivity contribution in [3.8, 4) is 0 Å². The summed E-state index contributed by atoms with van der Waals surface area (Å²) in [5, 5.41) is 0. The van der Waals surface area contributed by atoms with Gasteiger partial charge < -0.3 is 9.64 Å². The maximum absolute atomic E-state index is 12.7. The summed E-state index contributed by atoms with van der Waals surface area (Å²) in [6.07, 6.45) is 0.911. The summed E-state index contributed by atoms with van der Waals surface area (Å²) in [5.74, 6) is 0.0444. The fourth-order valence-corrected chi connectivity index (χ4v) is 3.25. The standard InChI is InChI=1S/C22H27NO2/c1-22(2,3)19-11-9-16(10-12-19)21(24)23(4)14-20-13-17-7-5-6-8-18(17)15-25-20/h5-12,20H,13-15H2,1-4H3. The van der Waals surface area contributed by atoms with Crippen LogP contribution >= 0.6 is 0 Å². The Kier molecular flexibility index (Phi) is 4.96. The monoisotopic (exact) mass is 337 g/mol. The van der Waals surface area contributed by atoms with Crippen molar-refractivity contribution in [1.29, 1.82) is 0 Å². The molecule has 1 heterocycles. The molecule has 3 nitrogen and oxygen atoms in total. The van der Waals surface area contributed by atoms with Crippen LogP contribution in [0.3, 0.4) is 0 Å². The van der Waals surface area contributed by atoms with Crippen LogP contribution in [-0.2, 0) is 23.2 Å². The van der Waals surface area contributed by atoms with E-state index >= 15 is 0 Å². The number of carbonyl (C=O) groups is 1. The molecule has 3 rings (SSSR count). The Morgan fingerprint density at radius 1 is 1.08 bits per heavy atom. The predicted molar refractivity (Wildman–Crippen MR) is 101 cm³/mol. The van der Waals surface area contributed by atoms with Gasteiger partial charge in [0.2, 0.25) is 0 Å². The number of amides is 1. The Bertz CT molecular complexity index is 743. The van der Waals surface area contributed by atoms with E-state index < -0.39 is 0 Å². The molecular weight excluding hydrogens is 310 g/mol. The molecule has 1 aliphatic heterocycles. The van der Waals surface area contributed by atoms with Crippen molar-refractivity contribution < 1.29 is 9.53 Å². The Balaban J connectivity index is 1.63. The van der Waals surface area contributed by atoms with Crippen LogP contribution in [0.5, 0.6) is 0 Å². The predicted octanol–water partition coefficient (Wildman–Crippen LogP) is 4.20. The Morgan fingerprint density at radius 3 is 2.36 bits per heavy atom. The average Bonchev–Trinajstić information content (AvgIpc) is 2.60. The normalized spacial score (nSPS) is 17.0. The number of rotatable bonds is 3. The minimum atomic E-state index is 0.0444. The van der Waals surface area contributed by atoms with Gasteiger partial charge in [0.25, 0.3) is 5.91 Å². The van der Waals surface area contributed by atoms with Gasteiger partial charge in [-0.15, -0.1) is 0 Å². The number of nitrogens with zero attached hydrogens (tertiary/aromatic N) is 1. The molecule has 0 spiro atoms. The van der Waals surface area contributed by atoms with E-state index in [0.29, 0.717) is 13.2 Å². The molecule has 0 aliphatic carbocycles. The van der Waals surface area contributed by atoms with Crippen molar-refractivity contribution >= 4 is 5.91 Å². The first-order chi connectivity index (χ1) is 11.8. The van der Waals surface area contributed by atoms with Crippen molar-refractivity contribution in [3.63, 3.8) is 0 Å². The zero-order chi connectivity index (χ0) is 18.0. The van der Waals surface area contributed by atoms with E-state index in [9.17, 15) is 4.79 Å². The first-order valence-electron chi connectivity index (χ1n) is 8.89. The smallest absolute Gasteiger partial charge is 0.253 e. The molecule has 1 aliphatic rings. The van der Waals surface area contributed by atoms with Crippen LogP contribution < -0.4 is 0 Å². The molecule has 0 radical (unpaired) electrons. The maximum atomic E-state index is 12.7. The molecule has 0 aromatic heterocycles. The van der Waals surface area contributed by atoms with E-state index in [0.717, 1.165) is 12.0 Å². The number of carbonyl (C=O) groups excluding carboxylic acids is 1. The van der Waals surface area contributed by atoms with Crippen LogP contribution in [0.25, 0.3) is 0 Å². The molecule has 0 N–H and O–H groups in total. The summed E-state index contributed by atoms with van der Waals surface area (Å²) in [6.45, 7) is 7.76. The van der Waals surface area contributed by atoms with E-state index in [2.05, 4.69) is 51.1 Å². The molecular formula is C22H27NO2. The summed E-state index contributed by atoms with van der Waals surface area (Å²) < 4.78 is 5.93. The molecule has 0 saturated carbocycles. The number of benzene rings is 2. The van der Waals surface area contributed by atoms with E-state index in [4.69, 9.17) is 4.74 Å². The van der Waals surface area contributed by atoms with E-state index in [-0.39, 0.29) is 17.4 Å². The van der Waals surface area contributed by atoms with Gasteiger partial charge in [0.15, 0.2) is 0 Å². The second kappa shape index (κ2) is 7.01. The lowest BCUT2D eigenvalue weighted by molar-refractivity contribution is 0.00985. The summed E-state index contributed by atoms with van der Waals surface area (Å²) in [5.41, 5.74) is 4.64. The second-order valence-electron chi connectivity index (χ2n) is 7.92. The van der Waals surface area contributed by atoms with Crippen LogP contribution in [0.1, 0.15) is 47.8 Å². The highest BCUT2D eigenvalue weighted by molar-refractivity contribution is 5.94. The molecule has 0 fully saturated rings. The van der Waals surface area contributed by atoms with Gasteiger partial charge in [-0.2, -0.15) is 0 Å². The van der Waals surface area contributed by atoms with Gasteiger partial charge in [-0.25, -0.2) is 0 Å². The van der Waals surface area contributed by atoms with E-state index in [1.54, 1.807) is 4.90 Å². The SMILES string of the molecule is CN(CC1Cc2ccccc2CO1)C(=O)c1ccc(C(C)(C)C)cc1. The van der Waals surface area contributed by atoms with Gasteiger partial charge >= 0.3 is 0 Å². The largest absolute Gasteiger partial charge is 0.371 e. The number of fused-ring (bicyclic) bond motifs is 1. The third-order valence-electron chi connectivity index (χ3n) is 4.86. The number of likely N-dealkylation sites (N-methyl/N-ethyl adjacent to an activating group) is 1. The maximum Gasteiger partial charge on any atom is 0.253 e. The van der Waals surface area contributed by atoms with Crippen LogP contribution in [-0.4, -0.2) is 30.5 Å². The lowest BCUT2D eigenvalue weighted by Crippen LogP contribution is -2.38. The molecule has 132 valence electrons. The molecule has 1 atom stereocenters. The van der Waals surface area contributed by atoms with E-state index in [1.165, 1.54) is 16.7 Å². The first-order valence-corrected chi connectivity index (χ1v) is 8.89. The van der Waals surface area contributed by atoms with Crippen molar-refractivity contribution in [3.05, 3.63) is 70.8 Å². The van der Waals surface area contributed by atoms with Crippen molar-refractivity contribution in [2.45, 2.75) is 45.3 Å². The van der Waals surface area contributed by atoms with Gasteiger partial charge in [0.05, 0.1) is 12.7 Å². The van der Waals surface area contributed by atoms with Gasteiger partial charge in [-0.1, -0.05) is 57.2 Å². The fraction of sp³-hybridized carbons (Fsp3) is 0.409. The van der Waals surface area contributed by atoms with Gasteiger partial charge in [-0.3, -0.25) is 4.79 Å². The van der Waals surface area contributed by atoms with E-state index in [1.807, 2.05) is 25.2 Å². The van der Waals surface area contributed by atoms with Gasteiger partial charge in [0.1, 0.15) is 0 Å². The Hall–Kier alpha value is -2.13. The average molecular weight is 337 g/mol. The summed E-state index contributed by atoms with van der Waals surface area (Å²) in [7, 11) is 1.85. The molecule has 1 amide bonds. The fourth-order valence-electron chi connectivity index (χ4n) is 3.25. The third-order valence-corrected chi connectivity index (χ3v) is 4.86. The van der Waals surface area contributed by atoms with Gasteiger partial charge in [0, 0.05) is 25.6 Å². The number of hydrogen-bond acceptors (Lipinski definition) is 2. The van der Waals surface area contributed by atoms with Gasteiger partial charge in [-0.05, 0) is 34.2 Å². The lowest BCUT2D eigenvalue weighted by Gasteiger charge is -2.29. The Labute approximate surface area is 150 Å². The molecule has 3 heteroatoms. The highest BCUT2D eigenvalue weighted by Crippen LogP contribution is 2.23. The molecule has 25 heavy (non-hydrogen) atoms. The summed E-state index contributed by atoms with van der Waals surface area (Å²) in [6, 6.07) is 16.3. The minimum Gasteiger partial charge on any atom is -0.371 e. The van der Waals surface area contributed by atoms with Crippen molar-refractivity contribution in [1.82, 2.24) is 4.90 Å². The topological polar surface area (TPSA) is 29.5 Å². The van der Waals surface area contributed by atoms with Crippen LogP contribution in [0, 0.1) is 0 Å². The molecule has 0 bridgehead atoms. The molecule has 2 aromatic carbocycles. The molecule has 0 saturated heterocycles. The summed E-state index contributed by atoms with van der Waals surface area (Å²) >= 11 is 0. The highest BCUT2D eigenvalue weighted by Gasteiger charge is 2.23. The minimum absolute atomic E-state index is 0.0444. The molecule has 1 unspecified atom stereocenters. The van der Waals surface area contributed by atoms with Crippen molar-refractivity contribution in [2.75, 3.05) is 13.6 Å². The van der Waals surface area contributed by atoms with Crippen LogP contribution in [0.2, 0.25) is 0 Å². The van der Waals surface area contributed by atoms with Crippen LogP contribution in [0.4, 0.5) is 0 Å². The van der Waals surface area contributed by atoms with Crippen LogP contribution in [0.15, 0.2) is 48.5 Å². The number of hydrogen-bond donors (Lipinski definition) is 0. The third kappa shape index (κ3) is 4.10. The second-order valence-corrected chi connectivity index (χ2v) is 7.92. The number of ether oxygens (including phenoxy) is 1. The molecule has 2 aromatic rings.